The van der Waals surface area contributed by atoms with Gasteiger partial charge in [0.05, 0.1) is 23.5 Å². The van der Waals surface area contributed by atoms with Crippen LogP contribution >= 0.6 is 7.60 Å². The van der Waals surface area contributed by atoms with Gasteiger partial charge >= 0.3 is 7.60 Å². The number of nitrogens with zero attached hydrogens (tertiary/aromatic N) is 1. The van der Waals surface area contributed by atoms with Gasteiger partial charge in [-0.05, 0) is 31.5 Å². The van der Waals surface area contributed by atoms with E-state index in [-0.39, 0.29) is 24.2 Å². The summed E-state index contributed by atoms with van der Waals surface area (Å²) in [6.45, 7) is 7.19. The summed E-state index contributed by atoms with van der Waals surface area (Å²) in [6.07, 6.45) is -1.30. The van der Waals surface area contributed by atoms with Gasteiger partial charge < -0.3 is 14.2 Å². The molecule has 0 fully saturated rings. The van der Waals surface area contributed by atoms with Crippen molar-refractivity contribution in [3.05, 3.63) is 51.8 Å². The lowest BCUT2D eigenvalue weighted by Gasteiger charge is -2.22. The summed E-state index contributed by atoms with van der Waals surface area (Å²) in [5, 5.41) is 20.7. The molecule has 0 aliphatic heterocycles. The number of non-ortho nitro benzene ring substituents is 1. The summed E-state index contributed by atoms with van der Waals surface area (Å²) in [5.74, 6) is 0. The zero-order valence-corrected chi connectivity index (χ0v) is 12.8. The van der Waals surface area contributed by atoms with Crippen molar-refractivity contribution < 1.29 is 23.6 Å². The molecule has 0 saturated carbocycles. The molecule has 0 spiro atoms. The Bertz CT molecular complexity index is 546. The largest absolute Gasteiger partial charge is 0.383 e. The van der Waals surface area contributed by atoms with Gasteiger partial charge in [0.1, 0.15) is 6.10 Å². The highest BCUT2D eigenvalue weighted by Crippen LogP contribution is 2.59. The summed E-state index contributed by atoms with van der Waals surface area (Å²) >= 11 is 0. The Kier molecular flexibility index (Phi) is 6.23. The van der Waals surface area contributed by atoms with Gasteiger partial charge in [0.15, 0.2) is 0 Å². The summed E-state index contributed by atoms with van der Waals surface area (Å²) < 4.78 is 22.7. The number of rotatable bonds is 8. The molecule has 7 nitrogen and oxygen atoms in total. The minimum atomic E-state index is -3.64. The molecule has 0 amide bonds. The molecule has 0 aliphatic rings. The van der Waals surface area contributed by atoms with Crippen LogP contribution in [0, 0.1) is 10.1 Å². The maximum Gasteiger partial charge on any atom is 0.359 e. The summed E-state index contributed by atoms with van der Waals surface area (Å²) in [6, 6.07) is 5.24. The van der Waals surface area contributed by atoms with Gasteiger partial charge in [-0.1, -0.05) is 6.58 Å². The van der Waals surface area contributed by atoms with Gasteiger partial charge in [0.25, 0.3) is 5.69 Å². The number of nitro benzene ring substituents is 1. The standard InChI is InChI=1S/C13H18NO6P/c1-4-19-21(18,20-5-2)10(3)13(15)11-6-8-12(9-7-11)14(16)17/h6-9,13,15H,3-5H2,1-2H3. The molecular weight excluding hydrogens is 297 g/mol. The van der Waals surface area contributed by atoms with E-state index in [9.17, 15) is 19.8 Å². The van der Waals surface area contributed by atoms with E-state index in [0.29, 0.717) is 5.56 Å². The van der Waals surface area contributed by atoms with Crippen molar-refractivity contribution in [2.24, 2.45) is 0 Å². The Morgan fingerprint density at radius 3 is 2.19 bits per heavy atom. The zero-order chi connectivity index (χ0) is 16.0. The lowest BCUT2D eigenvalue weighted by molar-refractivity contribution is -0.384. The van der Waals surface area contributed by atoms with E-state index in [0.717, 1.165) is 0 Å². The number of benzene rings is 1. The first-order chi connectivity index (χ1) is 9.85. The SMILES string of the molecule is C=C(C(O)c1ccc([N+](=O)[O-])cc1)P(=O)(OCC)OCC. The molecule has 1 atom stereocenters. The molecule has 116 valence electrons. The minimum absolute atomic E-state index is 0.0972. The van der Waals surface area contributed by atoms with Crippen LogP contribution in [-0.2, 0) is 13.6 Å². The Morgan fingerprint density at radius 2 is 1.81 bits per heavy atom. The summed E-state index contributed by atoms with van der Waals surface area (Å²) in [5.41, 5.74) is 0.222. The van der Waals surface area contributed by atoms with Gasteiger partial charge in [-0.15, -0.1) is 0 Å². The molecule has 0 aromatic heterocycles. The van der Waals surface area contributed by atoms with Crippen molar-refractivity contribution in [3.63, 3.8) is 0 Å². The van der Waals surface area contributed by atoms with Crippen LogP contribution in [0.1, 0.15) is 25.5 Å². The van der Waals surface area contributed by atoms with E-state index in [2.05, 4.69) is 6.58 Å². The highest BCUT2D eigenvalue weighted by atomic mass is 31.2. The van der Waals surface area contributed by atoms with E-state index in [1.54, 1.807) is 13.8 Å². The fourth-order valence-corrected chi connectivity index (χ4v) is 3.20. The quantitative estimate of drug-likeness (QED) is 0.448. The van der Waals surface area contributed by atoms with Crippen LogP contribution in [0.4, 0.5) is 5.69 Å². The number of hydrogen-bond donors (Lipinski definition) is 1. The maximum atomic E-state index is 12.5. The topological polar surface area (TPSA) is 98.9 Å². The lowest BCUT2D eigenvalue weighted by Crippen LogP contribution is -2.06. The molecule has 1 rings (SSSR count). The van der Waals surface area contributed by atoms with Crippen molar-refractivity contribution in [1.82, 2.24) is 0 Å². The predicted octanol–water partition coefficient (Wildman–Crippen LogP) is 3.41. The molecule has 1 aromatic carbocycles. The van der Waals surface area contributed by atoms with E-state index in [4.69, 9.17) is 9.05 Å². The van der Waals surface area contributed by atoms with Crippen LogP contribution in [0.3, 0.4) is 0 Å². The Morgan fingerprint density at radius 1 is 1.33 bits per heavy atom. The second-order valence-corrected chi connectivity index (χ2v) is 6.16. The first-order valence-electron chi connectivity index (χ1n) is 6.36. The second-order valence-electron chi connectivity index (χ2n) is 4.08. The molecule has 0 saturated heterocycles. The summed E-state index contributed by atoms with van der Waals surface area (Å²) in [7, 11) is -3.64. The Hall–Kier alpha value is -1.53. The van der Waals surface area contributed by atoms with Crippen molar-refractivity contribution in [3.8, 4) is 0 Å². The van der Waals surface area contributed by atoms with Crippen LogP contribution in [0.2, 0.25) is 0 Å². The highest BCUT2D eigenvalue weighted by Gasteiger charge is 2.33. The molecule has 0 aliphatic carbocycles. The third-order valence-corrected chi connectivity index (χ3v) is 4.83. The molecule has 21 heavy (non-hydrogen) atoms. The monoisotopic (exact) mass is 315 g/mol. The molecule has 1 unspecified atom stereocenters. The van der Waals surface area contributed by atoms with Gasteiger partial charge in [0, 0.05) is 12.1 Å². The van der Waals surface area contributed by atoms with Crippen LogP contribution in [0.15, 0.2) is 36.2 Å². The van der Waals surface area contributed by atoms with E-state index in [1.807, 2.05) is 0 Å². The number of aliphatic hydroxyl groups is 1. The Labute approximate surface area is 122 Å². The van der Waals surface area contributed by atoms with Crippen LogP contribution in [0.25, 0.3) is 0 Å². The third-order valence-electron chi connectivity index (χ3n) is 2.69. The predicted molar refractivity (Wildman–Crippen MR) is 78.1 cm³/mol. The number of aliphatic hydroxyl groups excluding tert-OH is 1. The Balaban J connectivity index is 2.99. The fourth-order valence-electron chi connectivity index (χ4n) is 1.66. The molecule has 0 radical (unpaired) electrons. The fraction of sp³-hybridized carbons (Fsp3) is 0.385. The van der Waals surface area contributed by atoms with Crippen LogP contribution in [-0.4, -0.2) is 23.2 Å². The van der Waals surface area contributed by atoms with Crippen molar-refractivity contribution in [2.45, 2.75) is 20.0 Å². The molecule has 0 bridgehead atoms. The van der Waals surface area contributed by atoms with E-state index in [1.165, 1.54) is 24.3 Å². The van der Waals surface area contributed by atoms with E-state index < -0.39 is 18.6 Å². The first-order valence-corrected chi connectivity index (χ1v) is 7.90. The normalized spacial score (nSPS) is 12.9. The van der Waals surface area contributed by atoms with Crippen LogP contribution < -0.4 is 0 Å². The average molecular weight is 315 g/mol. The second kappa shape index (κ2) is 7.47. The zero-order valence-electron chi connectivity index (χ0n) is 11.9. The first kappa shape index (κ1) is 17.5. The molecule has 1 aromatic rings. The highest BCUT2D eigenvalue weighted by molar-refractivity contribution is 7.58. The summed E-state index contributed by atoms with van der Waals surface area (Å²) in [4.78, 5) is 10.0. The number of hydrogen-bond acceptors (Lipinski definition) is 6. The van der Waals surface area contributed by atoms with Crippen molar-refractivity contribution in [1.29, 1.82) is 0 Å². The molecule has 1 N–H and O–H groups in total. The van der Waals surface area contributed by atoms with Crippen molar-refractivity contribution >= 4 is 13.3 Å². The third kappa shape index (κ3) is 4.22. The van der Waals surface area contributed by atoms with Crippen molar-refractivity contribution in [2.75, 3.05) is 13.2 Å². The molecule has 0 heterocycles. The van der Waals surface area contributed by atoms with Crippen LogP contribution in [0.5, 0.6) is 0 Å². The molecular formula is C13H18NO6P. The smallest absolute Gasteiger partial charge is 0.359 e. The van der Waals surface area contributed by atoms with Gasteiger partial charge in [-0.3, -0.25) is 14.7 Å². The maximum absolute atomic E-state index is 12.5. The van der Waals surface area contributed by atoms with Gasteiger partial charge in [0.2, 0.25) is 0 Å². The average Bonchev–Trinajstić information content (AvgIpc) is 2.46. The van der Waals surface area contributed by atoms with Gasteiger partial charge in [-0.25, -0.2) is 0 Å². The van der Waals surface area contributed by atoms with Gasteiger partial charge in [-0.2, -0.15) is 0 Å². The minimum Gasteiger partial charge on any atom is -0.383 e. The van der Waals surface area contributed by atoms with E-state index >= 15 is 0 Å². The number of nitro groups is 1. The lowest BCUT2D eigenvalue weighted by atomic mass is 10.1. The molecule has 8 heteroatoms.